The smallest absolute Gasteiger partial charge is 0.326 e. The highest BCUT2D eigenvalue weighted by Gasteiger charge is 2.20. The number of hydrogen-bond acceptors (Lipinski definition) is 3. The van der Waals surface area contributed by atoms with Gasteiger partial charge in [0.2, 0.25) is 5.91 Å². The molecule has 0 aliphatic heterocycles. The summed E-state index contributed by atoms with van der Waals surface area (Å²) in [7, 11) is 0. The summed E-state index contributed by atoms with van der Waals surface area (Å²) in [5.74, 6) is -1.51. The first kappa shape index (κ1) is 18.8. The number of halogens is 1. The monoisotopic (exact) mass is 410 g/mol. The molecule has 0 saturated carbocycles. The van der Waals surface area contributed by atoms with Crippen molar-refractivity contribution in [1.29, 1.82) is 0 Å². The number of carboxylic acid groups (broad SMARTS) is 1. The van der Waals surface area contributed by atoms with Gasteiger partial charge < -0.3 is 26.0 Å². The fourth-order valence-electron chi connectivity index (χ4n) is 2.49. The van der Waals surface area contributed by atoms with Gasteiger partial charge in [0.1, 0.15) is 12.6 Å². The van der Waals surface area contributed by atoms with Crippen molar-refractivity contribution in [2.75, 3.05) is 6.54 Å². The Morgan fingerprint density at radius 2 is 2.04 bits per heavy atom. The molecule has 1 atom stereocenters. The second-order valence-corrected chi connectivity index (χ2v) is 6.36. The van der Waals surface area contributed by atoms with Gasteiger partial charge in [0.25, 0.3) is 0 Å². The minimum atomic E-state index is -1.12. The number of nitrogens with zero attached hydrogens (tertiary/aromatic N) is 1. The number of carboxylic acids is 1. The molecule has 8 nitrogen and oxygen atoms in total. The number of amides is 3. The van der Waals surface area contributed by atoms with Crippen LogP contribution >= 0.6 is 15.9 Å². The molecule has 0 aliphatic rings. The van der Waals surface area contributed by atoms with Crippen LogP contribution in [0, 0.1) is 0 Å². The first-order chi connectivity index (χ1) is 11.9. The van der Waals surface area contributed by atoms with Crippen LogP contribution in [0.3, 0.4) is 0 Å². The van der Waals surface area contributed by atoms with Crippen LogP contribution in [-0.2, 0) is 16.1 Å². The van der Waals surface area contributed by atoms with Gasteiger partial charge in [-0.25, -0.2) is 9.59 Å². The number of nitrogens with one attached hydrogen (secondary N) is 2. The standard InChI is InChI=1S/C16H19BrN4O4/c17-11-3-1-5-13-10(11)6-8-21(13)9-14(22)20-12(15(23)24)4-2-7-19-16(18)25/h1,3,5-6,8,12H,2,4,7,9H2,(H,20,22)(H,23,24)(H3,18,19,25). The zero-order chi connectivity index (χ0) is 18.4. The van der Waals surface area contributed by atoms with Gasteiger partial charge in [-0.15, -0.1) is 0 Å². The molecule has 1 heterocycles. The maximum Gasteiger partial charge on any atom is 0.326 e. The maximum absolute atomic E-state index is 12.2. The van der Waals surface area contributed by atoms with E-state index in [4.69, 9.17) is 5.73 Å². The molecule has 0 radical (unpaired) electrons. The number of urea groups is 1. The number of carbonyl (C=O) groups excluding carboxylic acids is 2. The molecule has 9 heteroatoms. The van der Waals surface area contributed by atoms with Gasteiger partial charge in [-0.3, -0.25) is 4.79 Å². The number of nitrogens with two attached hydrogens (primary N) is 1. The largest absolute Gasteiger partial charge is 0.480 e. The molecule has 0 aliphatic carbocycles. The van der Waals surface area contributed by atoms with Gasteiger partial charge in [0, 0.05) is 28.1 Å². The highest BCUT2D eigenvalue weighted by atomic mass is 79.9. The predicted octanol–water partition coefficient (Wildman–Crippen LogP) is 1.42. The fourth-order valence-corrected chi connectivity index (χ4v) is 2.98. The van der Waals surface area contributed by atoms with Crippen molar-refractivity contribution >= 4 is 44.7 Å². The number of benzene rings is 1. The zero-order valence-corrected chi connectivity index (χ0v) is 15.0. The lowest BCUT2D eigenvalue weighted by Crippen LogP contribution is -2.42. The molecular formula is C16H19BrN4O4. The van der Waals surface area contributed by atoms with Crippen molar-refractivity contribution in [2.24, 2.45) is 5.73 Å². The summed E-state index contributed by atoms with van der Waals surface area (Å²) in [5, 5.41) is 15.1. The molecule has 0 fully saturated rings. The molecule has 2 rings (SSSR count). The van der Waals surface area contributed by atoms with Crippen LogP contribution < -0.4 is 16.4 Å². The van der Waals surface area contributed by atoms with Crippen molar-refractivity contribution in [3.05, 3.63) is 34.9 Å². The molecule has 1 unspecified atom stereocenters. The second kappa shape index (κ2) is 8.52. The van der Waals surface area contributed by atoms with Gasteiger partial charge in [0.15, 0.2) is 0 Å². The number of hydrogen-bond donors (Lipinski definition) is 4. The first-order valence-corrected chi connectivity index (χ1v) is 8.46. The van der Waals surface area contributed by atoms with Gasteiger partial charge in [0.05, 0.1) is 0 Å². The average molecular weight is 411 g/mol. The molecule has 0 spiro atoms. The van der Waals surface area contributed by atoms with Crippen LogP contribution in [0.1, 0.15) is 12.8 Å². The summed E-state index contributed by atoms with van der Waals surface area (Å²) < 4.78 is 2.68. The Morgan fingerprint density at radius 1 is 1.28 bits per heavy atom. The van der Waals surface area contributed by atoms with E-state index in [-0.39, 0.29) is 19.5 Å². The summed E-state index contributed by atoms with van der Waals surface area (Å²) in [6.07, 6.45) is 2.36. The Balaban J connectivity index is 1.95. The molecule has 1 aromatic carbocycles. The predicted molar refractivity (Wildman–Crippen MR) is 96.0 cm³/mol. The van der Waals surface area contributed by atoms with Crippen LogP contribution in [0.25, 0.3) is 10.9 Å². The summed E-state index contributed by atoms with van der Waals surface area (Å²) in [6, 6.07) is 5.87. The van der Waals surface area contributed by atoms with Gasteiger partial charge in [-0.2, -0.15) is 0 Å². The first-order valence-electron chi connectivity index (χ1n) is 7.67. The third-order valence-corrected chi connectivity index (χ3v) is 4.37. The maximum atomic E-state index is 12.2. The molecule has 25 heavy (non-hydrogen) atoms. The summed E-state index contributed by atoms with van der Waals surface area (Å²) in [5.41, 5.74) is 5.82. The Hall–Kier alpha value is -2.55. The molecule has 1 aromatic heterocycles. The molecule has 0 saturated heterocycles. The SMILES string of the molecule is NC(=O)NCCCC(NC(=O)Cn1ccc2c(Br)cccc21)C(=O)O. The molecular weight excluding hydrogens is 392 g/mol. The number of rotatable bonds is 8. The van der Waals surface area contributed by atoms with E-state index < -0.39 is 23.9 Å². The van der Waals surface area contributed by atoms with Crippen LogP contribution in [0.15, 0.2) is 34.9 Å². The Labute approximate surface area is 152 Å². The third kappa shape index (κ3) is 5.21. The van der Waals surface area contributed by atoms with Crippen molar-refractivity contribution in [2.45, 2.75) is 25.4 Å². The lowest BCUT2D eigenvalue weighted by molar-refractivity contribution is -0.142. The van der Waals surface area contributed by atoms with Crippen LogP contribution in [0.2, 0.25) is 0 Å². The average Bonchev–Trinajstić information content (AvgIpc) is 2.94. The van der Waals surface area contributed by atoms with Crippen molar-refractivity contribution in [3.8, 4) is 0 Å². The van der Waals surface area contributed by atoms with E-state index in [2.05, 4.69) is 26.6 Å². The fraction of sp³-hybridized carbons (Fsp3) is 0.312. The number of carbonyl (C=O) groups is 3. The van der Waals surface area contributed by atoms with Crippen LogP contribution in [-0.4, -0.2) is 40.2 Å². The molecule has 3 amide bonds. The quantitative estimate of drug-likeness (QED) is 0.490. The minimum absolute atomic E-state index is 0.0171. The van der Waals surface area contributed by atoms with E-state index in [0.717, 1.165) is 15.4 Å². The Bertz CT molecular complexity index is 790. The van der Waals surface area contributed by atoms with E-state index in [1.807, 2.05) is 24.3 Å². The lowest BCUT2D eigenvalue weighted by atomic mass is 10.1. The van der Waals surface area contributed by atoms with E-state index in [9.17, 15) is 19.5 Å². The van der Waals surface area contributed by atoms with Crippen molar-refractivity contribution in [3.63, 3.8) is 0 Å². The zero-order valence-electron chi connectivity index (χ0n) is 13.4. The third-order valence-electron chi connectivity index (χ3n) is 3.68. The molecule has 134 valence electrons. The van der Waals surface area contributed by atoms with Gasteiger partial charge in [-0.05, 0) is 31.0 Å². The second-order valence-electron chi connectivity index (χ2n) is 5.51. The number of primary amides is 1. The van der Waals surface area contributed by atoms with E-state index in [1.54, 1.807) is 10.8 Å². The molecule has 2 aromatic rings. The minimum Gasteiger partial charge on any atom is -0.480 e. The van der Waals surface area contributed by atoms with Gasteiger partial charge in [-0.1, -0.05) is 22.0 Å². The van der Waals surface area contributed by atoms with Crippen molar-refractivity contribution < 1.29 is 19.5 Å². The van der Waals surface area contributed by atoms with Gasteiger partial charge >= 0.3 is 12.0 Å². The van der Waals surface area contributed by atoms with E-state index >= 15 is 0 Å². The normalized spacial score (nSPS) is 11.9. The Morgan fingerprint density at radius 3 is 2.72 bits per heavy atom. The highest BCUT2D eigenvalue weighted by Crippen LogP contribution is 2.24. The molecule has 5 N–H and O–H groups in total. The lowest BCUT2D eigenvalue weighted by Gasteiger charge is -2.15. The number of aromatic nitrogens is 1. The summed E-state index contributed by atoms with van der Waals surface area (Å²) in [6.45, 7) is 0.272. The van der Waals surface area contributed by atoms with Crippen molar-refractivity contribution in [1.82, 2.24) is 15.2 Å². The molecule has 0 bridgehead atoms. The highest BCUT2D eigenvalue weighted by molar-refractivity contribution is 9.10. The van der Waals surface area contributed by atoms with Crippen LogP contribution in [0.4, 0.5) is 4.79 Å². The Kier molecular flexibility index (Phi) is 6.40. The number of aliphatic carboxylic acids is 1. The topological polar surface area (TPSA) is 126 Å². The summed E-state index contributed by atoms with van der Waals surface area (Å²) in [4.78, 5) is 34.1. The van der Waals surface area contributed by atoms with Crippen LogP contribution in [0.5, 0.6) is 0 Å². The van der Waals surface area contributed by atoms with E-state index in [1.165, 1.54) is 0 Å². The van der Waals surface area contributed by atoms with E-state index in [0.29, 0.717) is 6.42 Å². The summed E-state index contributed by atoms with van der Waals surface area (Å²) >= 11 is 3.45. The number of fused-ring (bicyclic) bond motifs is 1.